The standard InChI is InChI=1S/C13H13FN2O4/c14-9-2-1-3-11(12(9)16(19)20)15-7-4-5-10(15)8(6-7)13(17)18/h1-3,7-8,10H,4-6H2,(H,17,18). The van der Waals surface area contributed by atoms with E-state index < -0.39 is 28.3 Å². The fourth-order valence-corrected chi connectivity index (χ4v) is 3.52. The highest BCUT2D eigenvalue weighted by Gasteiger charge is 2.51. The Labute approximate surface area is 114 Å². The van der Waals surface area contributed by atoms with Crippen LogP contribution in [0.4, 0.5) is 15.8 Å². The van der Waals surface area contributed by atoms with Crippen LogP contribution in [0, 0.1) is 21.8 Å². The first-order valence-electron chi connectivity index (χ1n) is 6.44. The Hall–Kier alpha value is -2.18. The van der Waals surface area contributed by atoms with Gasteiger partial charge in [0.05, 0.1) is 10.8 Å². The highest BCUT2D eigenvalue weighted by atomic mass is 19.1. The van der Waals surface area contributed by atoms with Gasteiger partial charge in [-0.1, -0.05) is 6.07 Å². The number of nitro groups is 1. The molecule has 3 atom stereocenters. The molecule has 1 aromatic carbocycles. The Morgan fingerprint density at radius 2 is 2.20 bits per heavy atom. The molecule has 3 rings (SSSR count). The number of anilines is 1. The van der Waals surface area contributed by atoms with E-state index in [0.29, 0.717) is 12.8 Å². The van der Waals surface area contributed by atoms with Crippen LogP contribution in [0.5, 0.6) is 0 Å². The van der Waals surface area contributed by atoms with E-state index >= 15 is 0 Å². The molecule has 0 saturated carbocycles. The smallest absolute Gasteiger partial charge is 0.327 e. The maximum Gasteiger partial charge on any atom is 0.327 e. The Morgan fingerprint density at radius 3 is 2.80 bits per heavy atom. The Kier molecular flexibility index (Phi) is 2.84. The molecule has 0 aliphatic carbocycles. The van der Waals surface area contributed by atoms with Gasteiger partial charge in [-0.3, -0.25) is 14.9 Å². The number of para-hydroxylation sites is 1. The number of carbonyl (C=O) groups is 1. The Morgan fingerprint density at radius 1 is 1.45 bits per heavy atom. The van der Waals surface area contributed by atoms with E-state index in [9.17, 15) is 24.4 Å². The van der Waals surface area contributed by atoms with Crippen LogP contribution in [0.3, 0.4) is 0 Å². The van der Waals surface area contributed by atoms with Gasteiger partial charge in [0.1, 0.15) is 5.69 Å². The van der Waals surface area contributed by atoms with E-state index in [1.54, 1.807) is 4.90 Å². The summed E-state index contributed by atoms with van der Waals surface area (Å²) in [5.74, 6) is -2.30. The fourth-order valence-electron chi connectivity index (χ4n) is 3.52. The number of rotatable bonds is 3. The van der Waals surface area contributed by atoms with Crippen molar-refractivity contribution in [2.45, 2.75) is 31.3 Å². The van der Waals surface area contributed by atoms with E-state index in [1.807, 2.05) is 0 Å². The summed E-state index contributed by atoms with van der Waals surface area (Å²) in [5, 5.41) is 20.3. The van der Waals surface area contributed by atoms with Gasteiger partial charge in [0.2, 0.25) is 5.82 Å². The van der Waals surface area contributed by atoms with Crippen molar-refractivity contribution in [1.82, 2.24) is 0 Å². The molecule has 0 radical (unpaired) electrons. The lowest BCUT2D eigenvalue weighted by Crippen LogP contribution is -2.33. The molecule has 0 spiro atoms. The van der Waals surface area contributed by atoms with Crippen LogP contribution in [0.15, 0.2) is 18.2 Å². The minimum absolute atomic E-state index is 0.0541. The Balaban J connectivity index is 2.05. The number of fused-ring (bicyclic) bond motifs is 2. The van der Waals surface area contributed by atoms with E-state index in [0.717, 1.165) is 12.5 Å². The highest BCUT2D eigenvalue weighted by Crippen LogP contribution is 2.47. The van der Waals surface area contributed by atoms with Gasteiger partial charge in [-0.2, -0.15) is 4.39 Å². The third kappa shape index (κ3) is 1.73. The summed E-state index contributed by atoms with van der Waals surface area (Å²) in [6, 6.07) is 3.63. The largest absolute Gasteiger partial charge is 0.481 e. The van der Waals surface area contributed by atoms with Gasteiger partial charge in [0.15, 0.2) is 0 Å². The molecule has 0 aromatic heterocycles. The van der Waals surface area contributed by atoms with Crippen LogP contribution < -0.4 is 4.90 Å². The van der Waals surface area contributed by atoms with Gasteiger partial charge in [0.25, 0.3) is 0 Å². The van der Waals surface area contributed by atoms with Crippen LogP contribution in [0.2, 0.25) is 0 Å². The molecule has 20 heavy (non-hydrogen) atoms. The molecule has 1 aromatic rings. The maximum absolute atomic E-state index is 13.7. The summed E-state index contributed by atoms with van der Waals surface area (Å²) >= 11 is 0. The summed E-state index contributed by atoms with van der Waals surface area (Å²) < 4.78 is 13.7. The maximum atomic E-state index is 13.7. The second-order valence-corrected chi connectivity index (χ2v) is 5.25. The van der Waals surface area contributed by atoms with Crippen molar-refractivity contribution >= 4 is 17.3 Å². The molecular weight excluding hydrogens is 267 g/mol. The summed E-state index contributed by atoms with van der Waals surface area (Å²) in [5.41, 5.74) is -0.360. The van der Waals surface area contributed by atoms with E-state index in [4.69, 9.17) is 0 Å². The van der Waals surface area contributed by atoms with Crippen LogP contribution in [0.25, 0.3) is 0 Å². The average molecular weight is 280 g/mol. The van der Waals surface area contributed by atoms with Crippen LogP contribution in [-0.4, -0.2) is 28.1 Å². The van der Waals surface area contributed by atoms with Crippen molar-refractivity contribution < 1.29 is 19.2 Å². The van der Waals surface area contributed by atoms with E-state index in [-0.39, 0.29) is 17.8 Å². The Bertz CT molecular complexity index is 592. The molecule has 106 valence electrons. The molecular formula is C13H13FN2O4. The van der Waals surface area contributed by atoms with Crippen molar-refractivity contribution in [2.24, 2.45) is 5.92 Å². The van der Waals surface area contributed by atoms with Crippen molar-refractivity contribution in [3.05, 3.63) is 34.1 Å². The first-order valence-corrected chi connectivity index (χ1v) is 6.44. The van der Waals surface area contributed by atoms with Crippen LogP contribution in [0.1, 0.15) is 19.3 Å². The zero-order valence-electron chi connectivity index (χ0n) is 10.5. The van der Waals surface area contributed by atoms with Gasteiger partial charge in [-0.05, 0) is 31.4 Å². The lowest BCUT2D eigenvalue weighted by atomic mass is 9.89. The number of nitrogens with zero attached hydrogens (tertiary/aromatic N) is 2. The van der Waals surface area contributed by atoms with Gasteiger partial charge in [-0.15, -0.1) is 0 Å². The van der Waals surface area contributed by atoms with Gasteiger partial charge < -0.3 is 10.0 Å². The molecule has 2 bridgehead atoms. The molecule has 2 aliphatic heterocycles. The molecule has 0 amide bonds. The number of halogens is 1. The molecule has 2 aliphatic rings. The molecule has 6 nitrogen and oxygen atoms in total. The lowest BCUT2D eigenvalue weighted by Gasteiger charge is -2.25. The van der Waals surface area contributed by atoms with Crippen molar-refractivity contribution in [3.63, 3.8) is 0 Å². The third-order valence-corrected chi connectivity index (χ3v) is 4.28. The minimum atomic E-state index is -0.888. The number of hydrogen-bond donors (Lipinski definition) is 1. The van der Waals surface area contributed by atoms with Gasteiger partial charge >= 0.3 is 11.7 Å². The minimum Gasteiger partial charge on any atom is -0.481 e. The topological polar surface area (TPSA) is 83.7 Å². The first-order chi connectivity index (χ1) is 9.50. The molecule has 1 N–H and O–H groups in total. The number of carboxylic acid groups (broad SMARTS) is 1. The van der Waals surface area contributed by atoms with Crippen molar-refractivity contribution in [2.75, 3.05) is 4.90 Å². The number of carboxylic acids is 1. The van der Waals surface area contributed by atoms with Crippen molar-refractivity contribution in [3.8, 4) is 0 Å². The predicted molar refractivity (Wildman–Crippen MR) is 68.1 cm³/mol. The second-order valence-electron chi connectivity index (χ2n) is 5.25. The van der Waals surface area contributed by atoms with Crippen molar-refractivity contribution in [1.29, 1.82) is 0 Å². The highest BCUT2D eigenvalue weighted by molar-refractivity contribution is 5.76. The average Bonchev–Trinajstić information content (AvgIpc) is 2.95. The molecule has 2 saturated heterocycles. The lowest BCUT2D eigenvalue weighted by molar-refractivity contribution is -0.386. The summed E-state index contributed by atoms with van der Waals surface area (Å²) in [4.78, 5) is 23.3. The monoisotopic (exact) mass is 280 g/mol. The molecule has 7 heteroatoms. The molecule has 2 heterocycles. The normalized spacial score (nSPS) is 27.9. The summed E-state index contributed by atoms with van der Waals surface area (Å²) in [6.07, 6.45) is 1.94. The second kappa shape index (κ2) is 4.43. The first kappa shape index (κ1) is 12.8. The quantitative estimate of drug-likeness (QED) is 0.677. The molecule has 2 fully saturated rings. The van der Waals surface area contributed by atoms with Gasteiger partial charge in [0, 0.05) is 12.1 Å². The van der Waals surface area contributed by atoms with E-state index in [1.165, 1.54) is 12.1 Å². The number of nitro benzene ring substituents is 1. The zero-order valence-corrected chi connectivity index (χ0v) is 10.5. The predicted octanol–water partition coefficient (Wildman–Crippen LogP) is 2.18. The molecule has 3 unspecified atom stereocenters. The summed E-state index contributed by atoms with van der Waals surface area (Å²) in [6.45, 7) is 0. The third-order valence-electron chi connectivity index (χ3n) is 4.28. The fraction of sp³-hybridized carbons (Fsp3) is 0.462. The zero-order chi connectivity index (χ0) is 14.4. The number of aliphatic carboxylic acids is 1. The van der Waals surface area contributed by atoms with Crippen LogP contribution in [-0.2, 0) is 4.79 Å². The number of hydrogen-bond acceptors (Lipinski definition) is 4. The van der Waals surface area contributed by atoms with Gasteiger partial charge in [-0.25, -0.2) is 0 Å². The van der Waals surface area contributed by atoms with Crippen LogP contribution >= 0.6 is 0 Å². The SMILES string of the molecule is O=C(O)C1CC2CCC1N2c1cccc(F)c1[N+](=O)[O-]. The van der Waals surface area contributed by atoms with E-state index in [2.05, 4.69) is 0 Å². The number of benzene rings is 1. The summed E-state index contributed by atoms with van der Waals surface area (Å²) in [7, 11) is 0.